The van der Waals surface area contributed by atoms with Gasteiger partial charge in [0.15, 0.2) is 0 Å². The van der Waals surface area contributed by atoms with Crippen LogP contribution in [0.15, 0.2) is 30.5 Å². The number of amides is 1. The van der Waals surface area contributed by atoms with Crippen LogP contribution in [0.1, 0.15) is 23.7 Å². The Hall–Kier alpha value is -2.34. The summed E-state index contributed by atoms with van der Waals surface area (Å²) in [5, 5.41) is 12.6. The highest BCUT2D eigenvalue weighted by Gasteiger charge is 2.22. The molecule has 0 aliphatic rings. The summed E-state index contributed by atoms with van der Waals surface area (Å²) in [6.07, 6.45) is 1.99. The molecule has 1 atom stereocenters. The number of aryl methyl sites for hydroxylation is 1. The van der Waals surface area contributed by atoms with Gasteiger partial charge in [-0.15, -0.1) is 0 Å². The van der Waals surface area contributed by atoms with Crippen LogP contribution in [-0.4, -0.2) is 41.3 Å². The van der Waals surface area contributed by atoms with E-state index in [9.17, 15) is 14.7 Å². The quantitative estimate of drug-likeness (QED) is 0.818. The first kappa shape index (κ1) is 16.0. The predicted octanol–water partition coefficient (Wildman–Crippen LogP) is 1.88. The van der Waals surface area contributed by atoms with Crippen molar-refractivity contribution in [2.24, 2.45) is 0 Å². The second-order valence-electron chi connectivity index (χ2n) is 4.99. The van der Waals surface area contributed by atoms with Crippen LogP contribution in [0, 0.1) is 0 Å². The van der Waals surface area contributed by atoms with E-state index in [0.717, 1.165) is 17.4 Å². The van der Waals surface area contributed by atoms with Gasteiger partial charge in [0.1, 0.15) is 6.04 Å². The van der Waals surface area contributed by atoms with E-state index in [1.54, 1.807) is 6.20 Å². The number of carboxylic acid groups (broad SMARTS) is 1. The standard InChI is InChI=1S/C16H20N2O4/c1-3-18-10-12(11-6-4-5-7-14(11)18)15(19)17-13(16(20)21)8-9-22-2/h4-7,10,13H,3,8-9H2,1-2H3,(H,17,19)(H,20,21). The topological polar surface area (TPSA) is 80.6 Å². The molecule has 0 aliphatic heterocycles. The summed E-state index contributed by atoms with van der Waals surface area (Å²) in [6, 6.07) is 6.61. The average Bonchev–Trinajstić information content (AvgIpc) is 2.90. The van der Waals surface area contributed by atoms with E-state index in [1.165, 1.54) is 7.11 Å². The molecular formula is C16H20N2O4. The van der Waals surface area contributed by atoms with Gasteiger partial charge in [0.2, 0.25) is 0 Å². The van der Waals surface area contributed by atoms with Gasteiger partial charge in [-0.25, -0.2) is 4.79 Å². The van der Waals surface area contributed by atoms with Crippen LogP contribution >= 0.6 is 0 Å². The van der Waals surface area contributed by atoms with E-state index < -0.39 is 12.0 Å². The minimum absolute atomic E-state index is 0.226. The molecule has 0 saturated carbocycles. The molecule has 0 saturated heterocycles. The predicted molar refractivity (Wildman–Crippen MR) is 83.0 cm³/mol. The molecule has 0 bridgehead atoms. The molecule has 0 fully saturated rings. The fourth-order valence-corrected chi connectivity index (χ4v) is 2.42. The lowest BCUT2D eigenvalue weighted by Crippen LogP contribution is -2.41. The first-order valence-electron chi connectivity index (χ1n) is 7.19. The van der Waals surface area contributed by atoms with E-state index in [1.807, 2.05) is 35.8 Å². The van der Waals surface area contributed by atoms with Gasteiger partial charge in [0.05, 0.1) is 5.56 Å². The van der Waals surface area contributed by atoms with Crippen LogP contribution in [-0.2, 0) is 16.1 Å². The third-order valence-corrected chi connectivity index (χ3v) is 3.59. The van der Waals surface area contributed by atoms with Gasteiger partial charge in [-0.05, 0) is 13.0 Å². The Labute approximate surface area is 128 Å². The fraction of sp³-hybridized carbons (Fsp3) is 0.375. The molecular weight excluding hydrogens is 284 g/mol. The van der Waals surface area contributed by atoms with Crippen LogP contribution in [0.2, 0.25) is 0 Å². The Morgan fingerprint density at radius 1 is 1.36 bits per heavy atom. The molecule has 1 unspecified atom stereocenters. The maximum Gasteiger partial charge on any atom is 0.326 e. The zero-order valence-corrected chi connectivity index (χ0v) is 12.7. The van der Waals surface area contributed by atoms with Gasteiger partial charge >= 0.3 is 5.97 Å². The number of nitrogens with zero attached hydrogens (tertiary/aromatic N) is 1. The SMILES string of the molecule is CCn1cc(C(=O)NC(CCOC)C(=O)O)c2ccccc21. The number of hydrogen-bond donors (Lipinski definition) is 2. The van der Waals surface area contributed by atoms with Crippen LogP contribution in [0.4, 0.5) is 0 Å². The molecule has 2 rings (SSSR count). The summed E-state index contributed by atoms with van der Waals surface area (Å²) in [7, 11) is 1.50. The molecule has 0 spiro atoms. The minimum atomic E-state index is -1.07. The van der Waals surface area contributed by atoms with Gasteiger partial charge in [0, 0.05) is 43.8 Å². The number of aromatic nitrogens is 1. The Balaban J connectivity index is 2.27. The Morgan fingerprint density at radius 2 is 2.09 bits per heavy atom. The number of ether oxygens (including phenoxy) is 1. The van der Waals surface area contributed by atoms with E-state index in [4.69, 9.17) is 4.74 Å². The molecule has 6 heteroatoms. The third-order valence-electron chi connectivity index (χ3n) is 3.59. The summed E-state index contributed by atoms with van der Waals surface area (Å²) in [5.41, 5.74) is 1.44. The summed E-state index contributed by atoms with van der Waals surface area (Å²) in [4.78, 5) is 23.7. The maximum absolute atomic E-state index is 12.4. The van der Waals surface area contributed by atoms with Crippen molar-refractivity contribution in [3.05, 3.63) is 36.0 Å². The number of carbonyl (C=O) groups is 2. The number of methoxy groups -OCH3 is 1. The molecule has 6 nitrogen and oxygen atoms in total. The number of hydrogen-bond acceptors (Lipinski definition) is 3. The molecule has 0 aliphatic carbocycles. The molecule has 2 N–H and O–H groups in total. The van der Waals surface area contributed by atoms with Gasteiger partial charge < -0.3 is 19.7 Å². The smallest absolute Gasteiger partial charge is 0.326 e. The van der Waals surface area contributed by atoms with Crippen molar-refractivity contribution in [1.82, 2.24) is 9.88 Å². The highest BCUT2D eigenvalue weighted by Crippen LogP contribution is 2.21. The number of benzene rings is 1. The highest BCUT2D eigenvalue weighted by atomic mass is 16.5. The number of carboxylic acids is 1. The van der Waals surface area contributed by atoms with Gasteiger partial charge in [-0.1, -0.05) is 18.2 Å². The molecule has 1 amide bonds. The van der Waals surface area contributed by atoms with Crippen molar-refractivity contribution >= 4 is 22.8 Å². The molecule has 2 aromatic rings. The second kappa shape index (κ2) is 7.09. The number of aliphatic carboxylic acids is 1. The first-order valence-corrected chi connectivity index (χ1v) is 7.19. The molecule has 118 valence electrons. The van der Waals surface area contributed by atoms with Crippen molar-refractivity contribution in [1.29, 1.82) is 0 Å². The Bertz CT molecular complexity index is 678. The number of rotatable bonds is 7. The highest BCUT2D eigenvalue weighted by molar-refractivity contribution is 6.07. The lowest BCUT2D eigenvalue weighted by atomic mass is 10.1. The normalized spacial score (nSPS) is 12.3. The van der Waals surface area contributed by atoms with E-state index >= 15 is 0 Å². The van der Waals surface area contributed by atoms with E-state index in [0.29, 0.717) is 5.56 Å². The van der Waals surface area contributed by atoms with Crippen molar-refractivity contribution in [3.8, 4) is 0 Å². The van der Waals surface area contributed by atoms with E-state index in [-0.39, 0.29) is 18.9 Å². The summed E-state index contributed by atoms with van der Waals surface area (Å²) in [6.45, 7) is 3.00. The Kier molecular flexibility index (Phi) is 5.16. The molecule has 1 heterocycles. The number of nitrogens with one attached hydrogen (secondary N) is 1. The summed E-state index contributed by atoms with van der Waals surface area (Å²) in [5.74, 6) is -1.45. The average molecular weight is 304 g/mol. The monoisotopic (exact) mass is 304 g/mol. The fourth-order valence-electron chi connectivity index (χ4n) is 2.42. The summed E-state index contributed by atoms with van der Waals surface area (Å²) >= 11 is 0. The second-order valence-corrected chi connectivity index (χ2v) is 4.99. The van der Waals surface area contributed by atoms with Crippen LogP contribution in [0.25, 0.3) is 10.9 Å². The lowest BCUT2D eigenvalue weighted by Gasteiger charge is -2.13. The summed E-state index contributed by atoms with van der Waals surface area (Å²) < 4.78 is 6.85. The minimum Gasteiger partial charge on any atom is -0.480 e. The largest absolute Gasteiger partial charge is 0.480 e. The number of carbonyl (C=O) groups excluding carboxylic acids is 1. The van der Waals surface area contributed by atoms with Crippen molar-refractivity contribution in [2.75, 3.05) is 13.7 Å². The number of para-hydroxylation sites is 1. The van der Waals surface area contributed by atoms with Gasteiger partial charge in [0.25, 0.3) is 5.91 Å². The number of fused-ring (bicyclic) bond motifs is 1. The Morgan fingerprint density at radius 3 is 2.73 bits per heavy atom. The van der Waals surface area contributed by atoms with Crippen molar-refractivity contribution in [2.45, 2.75) is 25.9 Å². The molecule has 22 heavy (non-hydrogen) atoms. The zero-order chi connectivity index (χ0) is 16.1. The molecule has 1 aromatic heterocycles. The maximum atomic E-state index is 12.4. The van der Waals surface area contributed by atoms with Gasteiger partial charge in [-0.3, -0.25) is 4.79 Å². The first-order chi connectivity index (χ1) is 10.6. The van der Waals surface area contributed by atoms with E-state index in [2.05, 4.69) is 5.32 Å². The van der Waals surface area contributed by atoms with Crippen LogP contribution < -0.4 is 5.32 Å². The molecule has 0 radical (unpaired) electrons. The lowest BCUT2D eigenvalue weighted by molar-refractivity contribution is -0.139. The van der Waals surface area contributed by atoms with Gasteiger partial charge in [-0.2, -0.15) is 0 Å². The van der Waals surface area contributed by atoms with Crippen LogP contribution in [0.5, 0.6) is 0 Å². The third kappa shape index (κ3) is 3.28. The zero-order valence-electron chi connectivity index (χ0n) is 12.7. The van der Waals surface area contributed by atoms with Crippen molar-refractivity contribution < 1.29 is 19.4 Å². The van der Waals surface area contributed by atoms with Crippen LogP contribution in [0.3, 0.4) is 0 Å². The van der Waals surface area contributed by atoms with Crippen molar-refractivity contribution in [3.63, 3.8) is 0 Å². The molecule has 1 aromatic carbocycles.